The van der Waals surface area contributed by atoms with Crippen LogP contribution in [-0.4, -0.2) is 29.1 Å². The monoisotopic (exact) mass is 284 g/mol. The van der Waals surface area contributed by atoms with Gasteiger partial charge in [-0.3, -0.25) is 0 Å². The van der Waals surface area contributed by atoms with Crippen LogP contribution in [0.25, 0.3) is 0 Å². The first-order chi connectivity index (χ1) is 8.99. The van der Waals surface area contributed by atoms with Gasteiger partial charge >= 0.3 is 0 Å². The Morgan fingerprint density at radius 3 is 1.95 bits per heavy atom. The maximum Gasteiger partial charge on any atom is 0.169 e. The highest BCUT2D eigenvalue weighted by molar-refractivity contribution is 7.80. The molecule has 1 aliphatic rings. The molecule has 0 atom stereocenters. The first-order valence-corrected chi connectivity index (χ1v) is 8.45. The van der Waals surface area contributed by atoms with Gasteiger partial charge in [-0.2, -0.15) is 0 Å². The molecule has 1 saturated carbocycles. The average Bonchev–Trinajstić information content (AvgIpc) is 2.80. The van der Waals surface area contributed by atoms with Crippen LogP contribution in [0.2, 0.25) is 0 Å². The van der Waals surface area contributed by atoms with E-state index in [1.54, 1.807) is 0 Å². The minimum atomic E-state index is 0.632. The van der Waals surface area contributed by atoms with E-state index in [0.29, 0.717) is 6.04 Å². The zero-order chi connectivity index (χ0) is 14.3. The highest BCUT2D eigenvalue weighted by Crippen LogP contribution is 2.18. The summed E-state index contributed by atoms with van der Waals surface area (Å²) in [6.07, 6.45) is 7.76. The van der Waals surface area contributed by atoms with Crippen molar-refractivity contribution in [3.63, 3.8) is 0 Å². The van der Waals surface area contributed by atoms with Crippen LogP contribution < -0.4 is 5.32 Å². The highest BCUT2D eigenvalue weighted by Gasteiger charge is 2.18. The molecule has 1 rings (SSSR count). The van der Waals surface area contributed by atoms with Crippen molar-refractivity contribution in [3.8, 4) is 0 Å². The minimum Gasteiger partial charge on any atom is -0.360 e. The van der Waals surface area contributed by atoms with Crippen LogP contribution in [0.5, 0.6) is 0 Å². The summed E-state index contributed by atoms with van der Waals surface area (Å²) in [5.74, 6) is 1.49. The smallest absolute Gasteiger partial charge is 0.169 e. The summed E-state index contributed by atoms with van der Waals surface area (Å²) in [5.41, 5.74) is 0. The van der Waals surface area contributed by atoms with Crippen LogP contribution in [0, 0.1) is 11.8 Å². The van der Waals surface area contributed by atoms with Gasteiger partial charge in [0.15, 0.2) is 5.11 Å². The molecule has 0 aromatic heterocycles. The minimum absolute atomic E-state index is 0.632. The quantitative estimate of drug-likeness (QED) is 0.705. The molecule has 19 heavy (non-hydrogen) atoms. The van der Waals surface area contributed by atoms with Gasteiger partial charge < -0.3 is 10.2 Å². The summed E-state index contributed by atoms with van der Waals surface area (Å²) in [5, 5.41) is 4.58. The van der Waals surface area contributed by atoms with E-state index >= 15 is 0 Å². The van der Waals surface area contributed by atoms with Crippen LogP contribution in [0.3, 0.4) is 0 Å². The Bertz CT molecular complexity index is 245. The van der Waals surface area contributed by atoms with Gasteiger partial charge in [0.05, 0.1) is 0 Å². The number of hydrogen-bond donors (Lipinski definition) is 1. The molecule has 0 radical (unpaired) electrons. The van der Waals surface area contributed by atoms with Crippen molar-refractivity contribution in [2.75, 3.05) is 13.1 Å². The zero-order valence-corrected chi connectivity index (χ0v) is 14.1. The van der Waals surface area contributed by atoms with Gasteiger partial charge in [-0.05, 0) is 49.7 Å². The standard InChI is InChI=1S/C16H32N2S/c1-13(2)9-11-18(12-10-14(3)4)16(19)17-15-7-5-6-8-15/h13-15H,5-12H2,1-4H3,(H,17,19). The van der Waals surface area contributed by atoms with Crippen molar-refractivity contribution in [2.24, 2.45) is 11.8 Å². The van der Waals surface area contributed by atoms with Crippen LogP contribution in [0.15, 0.2) is 0 Å². The third kappa shape index (κ3) is 7.14. The summed E-state index contributed by atoms with van der Waals surface area (Å²) in [6, 6.07) is 0.632. The number of nitrogens with zero attached hydrogens (tertiary/aromatic N) is 1. The second-order valence-corrected chi connectivity index (χ2v) is 7.17. The molecule has 0 heterocycles. The van der Waals surface area contributed by atoms with E-state index in [4.69, 9.17) is 12.2 Å². The van der Waals surface area contributed by atoms with E-state index in [0.717, 1.165) is 30.0 Å². The Labute approximate surface area is 125 Å². The average molecular weight is 285 g/mol. The van der Waals surface area contributed by atoms with Crippen molar-refractivity contribution in [3.05, 3.63) is 0 Å². The molecule has 0 amide bonds. The molecule has 0 spiro atoms. The topological polar surface area (TPSA) is 15.3 Å². The van der Waals surface area contributed by atoms with E-state index in [-0.39, 0.29) is 0 Å². The molecule has 3 heteroatoms. The molecule has 1 N–H and O–H groups in total. The Kier molecular flexibility index (Phi) is 7.74. The molecule has 1 aliphatic carbocycles. The normalized spacial score (nSPS) is 16.3. The largest absolute Gasteiger partial charge is 0.360 e. The van der Waals surface area contributed by atoms with Crippen molar-refractivity contribution >= 4 is 17.3 Å². The predicted molar refractivity (Wildman–Crippen MR) is 88.5 cm³/mol. The summed E-state index contributed by atoms with van der Waals surface area (Å²) >= 11 is 5.63. The Morgan fingerprint density at radius 1 is 1.05 bits per heavy atom. The summed E-state index contributed by atoms with van der Waals surface area (Å²) in [7, 11) is 0. The summed E-state index contributed by atoms with van der Waals surface area (Å²) in [4.78, 5) is 2.40. The van der Waals surface area contributed by atoms with Gasteiger partial charge in [-0.1, -0.05) is 40.5 Å². The molecule has 2 nitrogen and oxygen atoms in total. The van der Waals surface area contributed by atoms with Gasteiger partial charge in [0.25, 0.3) is 0 Å². The van der Waals surface area contributed by atoms with Crippen LogP contribution in [0.1, 0.15) is 66.2 Å². The van der Waals surface area contributed by atoms with Crippen molar-refractivity contribution in [1.29, 1.82) is 0 Å². The molecule has 0 aromatic rings. The Balaban J connectivity index is 2.42. The SMILES string of the molecule is CC(C)CCN(CCC(C)C)C(=S)NC1CCCC1. The van der Waals surface area contributed by atoms with Crippen molar-refractivity contribution in [2.45, 2.75) is 72.3 Å². The number of rotatable bonds is 7. The lowest BCUT2D eigenvalue weighted by Crippen LogP contribution is -2.45. The maximum absolute atomic E-state index is 5.63. The lowest BCUT2D eigenvalue weighted by molar-refractivity contribution is 0.346. The van der Waals surface area contributed by atoms with Crippen LogP contribution >= 0.6 is 12.2 Å². The molecule has 112 valence electrons. The number of nitrogens with one attached hydrogen (secondary N) is 1. The highest BCUT2D eigenvalue weighted by atomic mass is 32.1. The van der Waals surface area contributed by atoms with E-state index < -0.39 is 0 Å². The van der Waals surface area contributed by atoms with E-state index in [9.17, 15) is 0 Å². The first kappa shape index (κ1) is 16.7. The van der Waals surface area contributed by atoms with E-state index in [1.165, 1.54) is 38.5 Å². The van der Waals surface area contributed by atoms with E-state index in [1.807, 2.05) is 0 Å². The van der Waals surface area contributed by atoms with Gasteiger partial charge in [0.1, 0.15) is 0 Å². The second kappa shape index (κ2) is 8.78. The molecule has 0 saturated heterocycles. The molecule has 0 bridgehead atoms. The summed E-state index contributed by atoms with van der Waals surface area (Å²) < 4.78 is 0. The lowest BCUT2D eigenvalue weighted by atomic mass is 10.1. The first-order valence-electron chi connectivity index (χ1n) is 8.04. The number of hydrogen-bond acceptors (Lipinski definition) is 1. The lowest BCUT2D eigenvalue weighted by Gasteiger charge is -2.29. The molecular formula is C16H32N2S. The fraction of sp³-hybridized carbons (Fsp3) is 0.938. The van der Waals surface area contributed by atoms with Gasteiger partial charge in [0.2, 0.25) is 0 Å². The van der Waals surface area contributed by atoms with Gasteiger partial charge in [0, 0.05) is 19.1 Å². The van der Waals surface area contributed by atoms with E-state index in [2.05, 4.69) is 37.9 Å². The molecule has 0 aliphatic heterocycles. The fourth-order valence-corrected chi connectivity index (χ4v) is 2.83. The molecular weight excluding hydrogens is 252 g/mol. The molecule has 1 fully saturated rings. The molecule has 0 aromatic carbocycles. The third-order valence-corrected chi connectivity index (χ3v) is 4.30. The van der Waals surface area contributed by atoms with Crippen molar-refractivity contribution < 1.29 is 0 Å². The fourth-order valence-electron chi connectivity index (χ4n) is 2.48. The maximum atomic E-state index is 5.63. The Hall–Kier alpha value is -0.310. The zero-order valence-electron chi connectivity index (χ0n) is 13.2. The van der Waals surface area contributed by atoms with Crippen LogP contribution in [-0.2, 0) is 0 Å². The molecule has 0 unspecified atom stereocenters. The predicted octanol–water partition coefficient (Wildman–Crippen LogP) is 4.20. The van der Waals surface area contributed by atoms with Gasteiger partial charge in [-0.15, -0.1) is 0 Å². The number of thiocarbonyl (C=S) groups is 1. The summed E-state index contributed by atoms with van der Waals surface area (Å²) in [6.45, 7) is 11.3. The van der Waals surface area contributed by atoms with Crippen LogP contribution in [0.4, 0.5) is 0 Å². The third-order valence-electron chi connectivity index (χ3n) is 3.92. The Morgan fingerprint density at radius 2 is 1.53 bits per heavy atom. The van der Waals surface area contributed by atoms with Gasteiger partial charge in [-0.25, -0.2) is 0 Å². The second-order valence-electron chi connectivity index (χ2n) is 6.78. The van der Waals surface area contributed by atoms with Crippen molar-refractivity contribution in [1.82, 2.24) is 10.2 Å².